The number of nitrogens with one attached hydrogen (secondary N) is 1. The van der Waals surface area contributed by atoms with Crippen molar-refractivity contribution in [2.75, 3.05) is 0 Å². The van der Waals surface area contributed by atoms with E-state index in [1.807, 2.05) is 30.3 Å². The van der Waals surface area contributed by atoms with Crippen LogP contribution in [0.25, 0.3) is 0 Å². The molecule has 1 aromatic carbocycles. The molecule has 1 saturated carbocycles. The van der Waals surface area contributed by atoms with E-state index in [1.165, 1.54) is 13.3 Å². The van der Waals surface area contributed by atoms with Gasteiger partial charge in [-0.3, -0.25) is 4.79 Å². The van der Waals surface area contributed by atoms with Gasteiger partial charge in [-0.15, -0.1) is 0 Å². The highest BCUT2D eigenvalue weighted by Gasteiger charge is 2.40. The fraction of sp³-hybridized carbons (Fsp3) is 0.636. The zero-order chi connectivity index (χ0) is 19.3. The lowest BCUT2D eigenvalue weighted by atomic mass is 9.76. The fourth-order valence-electron chi connectivity index (χ4n) is 3.91. The average molecular weight is 360 g/mol. The molecule has 0 aliphatic heterocycles. The van der Waals surface area contributed by atoms with E-state index in [0.717, 1.165) is 18.4 Å². The van der Waals surface area contributed by atoms with Crippen molar-refractivity contribution in [2.45, 2.75) is 71.9 Å². The van der Waals surface area contributed by atoms with Gasteiger partial charge in [0.05, 0.1) is 0 Å². The van der Waals surface area contributed by atoms with Gasteiger partial charge in [-0.2, -0.15) is 0 Å². The van der Waals surface area contributed by atoms with Gasteiger partial charge in [-0.25, -0.2) is 4.79 Å². The van der Waals surface area contributed by atoms with Crippen molar-refractivity contribution in [3.05, 3.63) is 35.9 Å². The summed E-state index contributed by atoms with van der Waals surface area (Å²) >= 11 is 0. The third-order valence-electron chi connectivity index (χ3n) is 5.67. The number of ether oxygens (including phenoxy) is 1. The largest absolute Gasteiger partial charge is 0.460 e. The van der Waals surface area contributed by atoms with Crippen LogP contribution in [0.1, 0.15) is 59.4 Å². The number of esters is 1. The van der Waals surface area contributed by atoms with Gasteiger partial charge in [0.1, 0.15) is 11.6 Å². The van der Waals surface area contributed by atoms with E-state index >= 15 is 0 Å². The summed E-state index contributed by atoms with van der Waals surface area (Å²) in [5.41, 5.74) is -0.0602. The normalized spacial score (nSPS) is 25.4. The standard InChI is InChI=1S/C22H33NO3/c1-15(2)19-12-11-16(3)20(13-19)26-21(25)22(5,23-17(4)24)14-18-9-7-6-8-10-18/h6-10,15-16,19-20H,11-14H2,1-5H3,(H,23,24)/t16?,19?,20?,22-/m0/s1. The van der Waals surface area contributed by atoms with Crippen LogP contribution in [-0.4, -0.2) is 23.5 Å². The molecular formula is C22H33NO3. The van der Waals surface area contributed by atoms with Gasteiger partial charge < -0.3 is 10.1 Å². The predicted molar refractivity (Wildman–Crippen MR) is 104 cm³/mol. The summed E-state index contributed by atoms with van der Waals surface area (Å²) in [6.45, 7) is 9.82. The van der Waals surface area contributed by atoms with Crippen molar-refractivity contribution in [1.82, 2.24) is 5.32 Å². The van der Waals surface area contributed by atoms with Gasteiger partial charge in [-0.05, 0) is 49.5 Å². The highest BCUT2D eigenvalue weighted by Crippen LogP contribution is 2.35. The van der Waals surface area contributed by atoms with Gasteiger partial charge in [-0.1, -0.05) is 51.1 Å². The third-order valence-corrected chi connectivity index (χ3v) is 5.67. The lowest BCUT2D eigenvalue weighted by molar-refractivity contribution is -0.163. The molecule has 4 heteroatoms. The Balaban J connectivity index is 2.13. The Hall–Kier alpha value is -1.84. The summed E-state index contributed by atoms with van der Waals surface area (Å²) in [5.74, 6) is 0.974. The Morgan fingerprint density at radius 1 is 1.23 bits per heavy atom. The zero-order valence-corrected chi connectivity index (χ0v) is 16.7. The van der Waals surface area contributed by atoms with Gasteiger partial charge in [0.25, 0.3) is 0 Å². The first-order chi connectivity index (χ1) is 12.2. The van der Waals surface area contributed by atoms with Gasteiger partial charge >= 0.3 is 5.97 Å². The molecule has 1 aliphatic rings. The molecule has 0 spiro atoms. The first kappa shape index (κ1) is 20.5. The van der Waals surface area contributed by atoms with Crippen molar-refractivity contribution < 1.29 is 14.3 Å². The molecule has 1 aliphatic carbocycles. The molecule has 0 saturated heterocycles. The summed E-state index contributed by atoms with van der Waals surface area (Å²) in [5, 5.41) is 2.83. The average Bonchev–Trinajstić information content (AvgIpc) is 2.56. The number of hydrogen-bond donors (Lipinski definition) is 1. The minimum absolute atomic E-state index is 0.0764. The van der Waals surface area contributed by atoms with E-state index in [9.17, 15) is 9.59 Å². The summed E-state index contributed by atoms with van der Waals surface area (Å²) in [6, 6.07) is 9.74. The number of carbonyl (C=O) groups excluding carboxylic acids is 2. The van der Waals surface area contributed by atoms with Gasteiger partial charge in [0.2, 0.25) is 5.91 Å². The van der Waals surface area contributed by atoms with Crippen molar-refractivity contribution in [2.24, 2.45) is 17.8 Å². The minimum atomic E-state index is -1.06. The monoisotopic (exact) mass is 359 g/mol. The maximum absolute atomic E-state index is 13.1. The second-order valence-electron chi connectivity index (χ2n) is 8.41. The highest BCUT2D eigenvalue weighted by molar-refractivity contribution is 5.87. The number of hydrogen-bond acceptors (Lipinski definition) is 3. The molecular weight excluding hydrogens is 326 g/mol. The number of rotatable bonds is 6. The van der Waals surface area contributed by atoms with Crippen molar-refractivity contribution in [3.8, 4) is 0 Å². The quantitative estimate of drug-likeness (QED) is 0.777. The molecule has 144 valence electrons. The van der Waals surface area contributed by atoms with Gasteiger partial charge in [0, 0.05) is 13.3 Å². The SMILES string of the molecule is CC(=O)N[C@@](C)(Cc1ccccc1)C(=O)OC1CC(C(C)C)CCC1C. The predicted octanol–water partition coefficient (Wildman–Crippen LogP) is 4.13. The van der Waals surface area contributed by atoms with Gasteiger partial charge in [0.15, 0.2) is 0 Å². The molecule has 0 bridgehead atoms. The van der Waals surface area contributed by atoms with Crippen LogP contribution in [0.5, 0.6) is 0 Å². The van der Waals surface area contributed by atoms with Crippen LogP contribution in [0.4, 0.5) is 0 Å². The summed E-state index contributed by atoms with van der Waals surface area (Å²) in [7, 11) is 0. The van der Waals surface area contributed by atoms with E-state index < -0.39 is 5.54 Å². The smallest absolute Gasteiger partial charge is 0.332 e. The van der Waals surface area contributed by atoms with Crippen LogP contribution in [0.2, 0.25) is 0 Å². The third kappa shape index (κ3) is 5.33. The summed E-state index contributed by atoms with van der Waals surface area (Å²) in [6.07, 6.45) is 3.52. The maximum Gasteiger partial charge on any atom is 0.332 e. The topological polar surface area (TPSA) is 55.4 Å². The molecule has 2 rings (SSSR count). The van der Waals surface area contributed by atoms with Crippen molar-refractivity contribution in [3.63, 3.8) is 0 Å². The molecule has 0 radical (unpaired) electrons. The Labute approximate surface area is 157 Å². The number of carbonyl (C=O) groups is 2. The molecule has 4 atom stereocenters. The molecule has 26 heavy (non-hydrogen) atoms. The lowest BCUT2D eigenvalue weighted by Gasteiger charge is -2.38. The fourth-order valence-corrected chi connectivity index (χ4v) is 3.91. The van der Waals surface area contributed by atoms with E-state index in [1.54, 1.807) is 6.92 Å². The first-order valence-corrected chi connectivity index (χ1v) is 9.75. The van der Waals surface area contributed by atoms with Crippen LogP contribution in [-0.2, 0) is 20.7 Å². The number of benzene rings is 1. The molecule has 1 N–H and O–H groups in total. The molecule has 3 unspecified atom stereocenters. The Morgan fingerprint density at radius 3 is 2.46 bits per heavy atom. The van der Waals surface area contributed by atoms with Crippen LogP contribution in [0, 0.1) is 17.8 Å². The Bertz CT molecular complexity index is 613. The summed E-state index contributed by atoms with van der Waals surface area (Å²) in [4.78, 5) is 24.8. The first-order valence-electron chi connectivity index (χ1n) is 9.75. The summed E-state index contributed by atoms with van der Waals surface area (Å²) < 4.78 is 5.97. The van der Waals surface area contributed by atoms with Crippen molar-refractivity contribution >= 4 is 11.9 Å². The van der Waals surface area contributed by atoms with E-state index in [-0.39, 0.29) is 18.0 Å². The second-order valence-corrected chi connectivity index (χ2v) is 8.41. The molecule has 1 aromatic rings. The van der Waals surface area contributed by atoms with E-state index in [4.69, 9.17) is 4.74 Å². The zero-order valence-electron chi connectivity index (χ0n) is 16.7. The highest BCUT2D eigenvalue weighted by atomic mass is 16.5. The Kier molecular flexibility index (Phi) is 6.85. The van der Waals surface area contributed by atoms with Crippen LogP contribution < -0.4 is 5.32 Å². The van der Waals surface area contributed by atoms with Crippen molar-refractivity contribution in [1.29, 1.82) is 0 Å². The van der Waals surface area contributed by atoms with E-state index in [2.05, 4.69) is 26.1 Å². The molecule has 1 fully saturated rings. The molecule has 0 aromatic heterocycles. The van der Waals surface area contributed by atoms with Crippen LogP contribution in [0.15, 0.2) is 30.3 Å². The molecule has 4 nitrogen and oxygen atoms in total. The lowest BCUT2D eigenvalue weighted by Crippen LogP contribution is -2.55. The van der Waals surface area contributed by atoms with Crippen LogP contribution >= 0.6 is 0 Å². The van der Waals surface area contributed by atoms with E-state index in [0.29, 0.717) is 24.2 Å². The molecule has 1 amide bonds. The maximum atomic E-state index is 13.1. The second kappa shape index (κ2) is 8.70. The Morgan fingerprint density at radius 2 is 1.88 bits per heavy atom. The molecule has 0 heterocycles. The minimum Gasteiger partial charge on any atom is -0.460 e. The number of amides is 1. The van der Waals surface area contributed by atoms with Crippen LogP contribution in [0.3, 0.4) is 0 Å².